The molecule has 0 bridgehead atoms. The normalized spacial score (nSPS) is 20.7. The van der Waals surface area contributed by atoms with Crippen LogP contribution in [0.15, 0.2) is 24.3 Å². The monoisotopic (exact) mass is 234 g/mol. The summed E-state index contributed by atoms with van der Waals surface area (Å²) < 4.78 is 0. The van der Waals surface area contributed by atoms with Crippen molar-refractivity contribution in [1.29, 1.82) is 0 Å². The van der Waals surface area contributed by atoms with E-state index < -0.39 is 0 Å². The molecule has 0 aromatic heterocycles. The quantitative estimate of drug-likeness (QED) is 0.836. The van der Waals surface area contributed by atoms with Gasteiger partial charge in [-0.3, -0.25) is 4.90 Å². The van der Waals surface area contributed by atoms with E-state index in [2.05, 4.69) is 17.1 Å². The smallest absolute Gasteiger partial charge is 0.115 e. The molecule has 2 N–H and O–H groups in total. The van der Waals surface area contributed by atoms with Gasteiger partial charge in [-0.1, -0.05) is 19.1 Å². The second-order valence-electron chi connectivity index (χ2n) is 4.73. The highest BCUT2D eigenvalue weighted by molar-refractivity contribution is 5.25. The number of hydrogen-bond acceptors (Lipinski definition) is 3. The van der Waals surface area contributed by atoms with Gasteiger partial charge in [-0.05, 0) is 43.6 Å². The summed E-state index contributed by atoms with van der Waals surface area (Å²) in [6.45, 7) is 6.53. The molecule has 0 spiro atoms. The lowest BCUT2D eigenvalue weighted by Crippen LogP contribution is -2.45. The van der Waals surface area contributed by atoms with Crippen LogP contribution in [0.4, 0.5) is 0 Å². The van der Waals surface area contributed by atoms with Gasteiger partial charge in [0.25, 0.3) is 0 Å². The van der Waals surface area contributed by atoms with Gasteiger partial charge in [0, 0.05) is 19.1 Å². The summed E-state index contributed by atoms with van der Waals surface area (Å²) in [7, 11) is 0. The molecule has 94 valence electrons. The largest absolute Gasteiger partial charge is 0.508 e. The van der Waals surface area contributed by atoms with Gasteiger partial charge in [-0.25, -0.2) is 0 Å². The van der Waals surface area contributed by atoms with Crippen LogP contribution >= 0.6 is 0 Å². The molecular formula is C14H22N2O. The first kappa shape index (κ1) is 12.4. The number of likely N-dealkylation sites (N-methyl/N-ethyl adjacent to an activating group) is 1. The first-order valence-electron chi connectivity index (χ1n) is 6.52. The number of aromatic hydroxyl groups is 1. The molecule has 1 aliphatic heterocycles. The Labute approximate surface area is 103 Å². The molecule has 1 atom stereocenters. The predicted molar refractivity (Wildman–Crippen MR) is 70.1 cm³/mol. The Morgan fingerprint density at radius 2 is 2.12 bits per heavy atom. The summed E-state index contributed by atoms with van der Waals surface area (Å²) in [5.41, 5.74) is 1.27. The van der Waals surface area contributed by atoms with Crippen LogP contribution < -0.4 is 5.32 Å². The number of phenols is 1. The van der Waals surface area contributed by atoms with E-state index in [-0.39, 0.29) is 0 Å². The van der Waals surface area contributed by atoms with E-state index in [1.165, 1.54) is 18.4 Å². The molecule has 0 radical (unpaired) electrons. The Hall–Kier alpha value is -1.06. The van der Waals surface area contributed by atoms with Crippen molar-refractivity contribution in [3.05, 3.63) is 29.8 Å². The standard InChI is InChI=1S/C14H22N2O/c1-2-16(13-4-3-9-15-10-13)11-12-5-7-14(17)8-6-12/h5-8,13,15,17H,2-4,9-11H2,1H3. The summed E-state index contributed by atoms with van der Waals surface area (Å²) in [4.78, 5) is 2.51. The molecule has 3 nitrogen and oxygen atoms in total. The van der Waals surface area contributed by atoms with Gasteiger partial charge < -0.3 is 10.4 Å². The zero-order valence-electron chi connectivity index (χ0n) is 10.5. The van der Waals surface area contributed by atoms with Gasteiger partial charge in [0.15, 0.2) is 0 Å². The number of benzene rings is 1. The molecule has 2 rings (SSSR count). The van der Waals surface area contributed by atoms with E-state index >= 15 is 0 Å². The van der Waals surface area contributed by atoms with Crippen molar-refractivity contribution in [1.82, 2.24) is 10.2 Å². The van der Waals surface area contributed by atoms with Crippen molar-refractivity contribution in [3.63, 3.8) is 0 Å². The van der Waals surface area contributed by atoms with E-state index in [4.69, 9.17) is 0 Å². The Balaban J connectivity index is 1.96. The fourth-order valence-corrected chi connectivity index (χ4v) is 2.48. The maximum Gasteiger partial charge on any atom is 0.115 e. The lowest BCUT2D eigenvalue weighted by atomic mass is 10.0. The minimum absolute atomic E-state index is 0.344. The van der Waals surface area contributed by atoms with Gasteiger partial charge in [0.05, 0.1) is 0 Å². The Morgan fingerprint density at radius 1 is 1.35 bits per heavy atom. The van der Waals surface area contributed by atoms with Gasteiger partial charge in [-0.2, -0.15) is 0 Å². The highest BCUT2D eigenvalue weighted by atomic mass is 16.3. The highest BCUT2D eigenvalue weighted by Gasteiger charge is 2.19. The van der Waals surface area contributed by atoms with Crippen LogP contribution in [0, 0.1) is 0 Å². The maximum absolute atomic E-state index is 9.27. The molecule has 1 unspecified atom stereocenters. The molecule has 1 saturated heterocycles. The van der Waals surface area contributed by atoms with E-state index in [1.54, 1.807) is 12.1 Å². The molecule has 1 fully saturated rings. The fourth-order valence-electron chi connectivity index (χ4n) is 2.48. The van der Waals surface area contributed by atoms with Crippen molar-refractivity contribution in [2.45, 2.75) is 32.4 Å². The number of hydrogen-bond donors (Lipinski definition) is 2. The Morgan fingerprint density at radius 3 is 2.71 bits per heavy atom. The number of piperidine rings is 1. The third-order valence-corrected chi connectivity index (χ3v) is 3.52. The van der Waals surface area contributed by atoms with Gasteiger partial charge in [-0.15, -0.1) is 0 Å². The summed E-state index contributed by atoms with van der Waals surface area (Å²) in [6.07, 6.45) is 2.57. The molecule has 0 aliphatic carbocycles. The Kier molecular flexibility index (Phi) is 4.40. The third kappa shape index (κ3) is 3.45. The summed E-state index contributed by atoms with van der Waals surface area (Å²) >= 11 is 0. The van der Waals surface area contributed by atoms with Crippen LogP contribution in [0.3, 0.4) is 0 Å². The second kappa shape index (κ2) is 6.03. The molecule has 1 aromatic carbocycles. The highest BCUT2D eigenvalue weighted by Crippen LogP contribution is 2.16. The van der Waals surface area contributed by atoms with Crippen molar-refractivity contribution < 1.29 is 5.11 Å². The minimum atomic E-state index is 0.344. The molecule has 17 heavy (non-hydrogen) atoms. The zero-order chi connectivity index (χ0) is 12.1. The topological polar surface area (TPSA) is 35.5 Å². The van der Waals surface area contributed by atoms with Crippen molar-refractivity contribution >= 4 is 0 Å². The molecule has 1 heterocycles. The molecule has 3 heteroatoms. The maximum atomic E-state index is 9.27. The van der Waals surface area contributed by atoms with Crippen LogP contribution in [0.2, 0.25) is 0 Å². The molecule has 0 saturated carbocycles. The Bertz CT molecular complexity index is 331. The van der Waals surface area contributed by atoms with Gasteiger partial charge in [0.2, 0.25) is 0 Å². The van der Waals surface area contributed by atoms with Crippen molar-refractivity contribution in [2.24, 2.45) is 0 Å². The van der Waals surface area contributed by atoms with Gasteiger partial charge in [0.1, 0.15) is 5.75 Å². The van der Waals surface area contributed by atoms with E-state index in [0.29, 0.717) is 11.8 Å². The number of nitrogens with zero attached hydrogens (tertiary/aromatic N) is 1. The SMILES string of the molecule is CCN(Cc1ccc(O)cc1)C1CCCNC1. The van der Waals surface area contributed by atoms with Crippen molar-refractivity contribution in [3.8, 4) is 5.75 Å². The fraction of sp³-hybridized carbons (Fsp3) is 0.571. The summed E-state index contributed by atoms with van der Waals surface area (Å²) in [5, 5.41) is 12.7. The van der Waals surface area contributed by atoms with Crippen molar-refractivity contribution in [2.75, 3.05) is 19.6 Å². The van der Waals surface area contributed by atoms with Crippen LogP contribution in [0.5, 0.6) is 5.75 Å². The average molecular weight is 234 g/mol. The molecular weight excluding hydrogens is 212 g/mol. The van der Waals surface area contributed by atoms with E-state index in [1.807, 2.05) is 12.1 Å². The molecule has 1 aromatic rings. The molecule has 0 amide bonds. The first-order valence-corrected chi connectivity index (χ1v) is 6.52. The number of phenolic OH excluding ortho intramolecular Hbond substituents is 1. The number of rotatable bonds is 4. The first-order chi connectivity index (χ1) is 8.29. The van der Waals surface area contributed by atoms with Crippen LogP contribution in [0.25, 0.3) is 0 Å². The lowest BCUT2D eigenvalue weighted by molar-refractivity contribution is 0.166. The van der Waals surface area contributed by atoms with Gasteiger partial charge >= 0.3 is 0 Å². The minimum Gasteiger partial charge on any atom is -0.508 e. The lowest BCUT2D eigenvalue weighted by Gasteiger charge is -2.34. The van der Waals surface area contributed by atoms with Crippen LogP contribution in [0.1, 0.15) is 25.3 Å². The van der Waals surface area contributed by atoms with E-state index in [0.717, 1.165) is 26.2 Å². The summed E-state index contributed by atoms with van der Waals surface area (Å²) in [5.74, 6) is 0.344. The molecule has 1 aliphatic rings. The second-order valence-corrected chi connectivity index (χ2v) is 4.73. The third-order valence-electron chi connectivity index (χ3n) is 3.52. The van der Waals surface area contributed by atoms with E-state index in [9.17, 15) is 5.11 Å². The van der Waals surface area contributed by atoms with Crippen LogP contribution in [-0.2, 0) is 6.54 Å². The average Bonchev–Trinajstić information content (AvgIpc) is 2.39. The predicted octanol–water partition coefficient (Wildman–Crippen LogP) is 1.97. The number of nitrogens with one attached hydrogen (secondary N) is 1. The summed E-state index contributed by atoms with van der Waals surface area (Å²) in [6, 6.07) is 8.20. The van der Waals surface area contributed by atoms with Crippen LogP contribution in [-0.4, -0.2) is 35.7 Å². The zero-order valence-corrected chi connectivity index (χ0v) is 10.5.